The average molecular weight is 428 g/mol. The summed E-state index contributed by atoms with van der Waals surface area (Å²) >= 11 is 0. The molecule has 2 aromatic rings. The SMILES string of the molecule is CCN(CCCCOCc1ccc(OC)c(OC)c1)C1CCc2cc(OC)ccc2C1. The Morgan fingerprint density at radius 2 is 1.74 bits per heavy atom. The first kappa shape index (κ1) is 23.4. The Labute approximate surface area is 187 Å². The summed E-state index contributed by atoms with van der Waals surface area (Å²) in [7, 11) is 5.05. The summed E-state index contributed by atoms with van der Waals surface area (Å²) in [4.78, 5) is 2.64. The second-order valence-corrected chi connectivity index (χ2v) is 8.11. The van der Waals surface area contributed by atoms with Gasteiger partial charge in [0.05, 0.1) is 27.9 Å². The van der Waals surface area contributed by atoms with Crippen molar-refractivity contribution in [3.05, 3.63) is 53.1 Å². The highest BCUT2D eigenvalue weighted by molar-refractivity contribution is 5.42. The van der Waals surface area contributed by atoms with Crippen molar-refractivity contribution in [1.29, 1.82) is 0 Å². The number of methoxy groups -OCH3 is 3. The van der Waals surface area contributed by atoms with Crippen molar-refractivity contribution in [1.82, 2.24) is 4.90 Å². The van der Waals surface area contributed by atoms with Crippen LogP contribution < -0.4 is 14.2 Å². The Balaban J connectivity index is 1.38. The molecule has 0 radical (unpaired) electrons. The van der Waals surface area contributed by atoms with Gasteiger partial charge in [0.1, 0.15) is 5.75 Å². The van der Waals surface area contributed by atoms with Crippen LogP contribution in [0.2, 0.25) is 0 Å². The molecule has 0 spiro atoms. The van der Waals surface area contributed by atoms with Crippen LogP contribution in [0.1, 0.15) is 42.9 Å². The Kier molecular flexibility index (Phi) is 9.04. The van der Waals surface area contributed by atoms with E-state index in [0.717, 1.165) is 68.2 Å². The monoisotopic (exact) mass is 427 g/mol. The van der Waals surface area contributed by atoms with E-state index in [1.165, 1.54) is 17.5 Å². The summed E-state index contributed by atoms with van der Waals surface area (Å²) in [6.45, 7) is 5.88. The van der Waals surface area contributed by atoms with Crippen molar-refractivity contribution in [2.24, 2.45) is 0 Å². The first-order valence-electron chi connectivity index (χ1n) is 11.4. The summed E-state index contributed by atoms with van der Waals surface area (Å²) < 4.78 is 21.9. The highest BCUT2D eigenvalue weighted by atomic mass is 16.5. The van der Waals surface area contributed by atoms with Gasteiger partial charge in [-0.2, -0.15) is 0 Å². The molecule has 5 heteroatoms. The Hall–Kier alpha value is -2.24. The number of nitrogens with zero attached hydrogens (tertiary/aromatic N) is 1. The summed E-state index contributed by atoms with van der Waals surface area (Å²) in [5.41, 5.74) is 4.04. The standard InChI is InChI=1S/C26H37NO4/c1-5-27(23-11-9-22-18-24(28-2)12-10-21(22)17-23)14-6-7-15-31-19-20-8-13-25(29-3)26(16-20)30-4/h8,10,12-13,16,18,23H,5-7,9,11,14-15,17,19H2,1-4H3. The molecular formula is C26H37NO4. The second kappa shape index (κ2) is 12.0. The summed E-state index contributed by atoms with van der Waals surface area (Å²) in [5, 5.41) is 0. The van der Waals surface area contributed by atoms with Crippen LogP contribution in [-0.4, -0.2) is 52.0 Å². The summed E-state index contributed by atoms with van der Waals surface area (Å²) in [6.07, 6.45) is 5.74. The fourth-order valence-electron chi connectivity index (χ4n) is 4.43. The third-order valence-corrected chi connectivity index (χ3v) is 6.24. The van der Waals surface area contributed by atoms with Gasteiger partial charge in [0, 0.05) is 12.6 Å². The summed E-state index contributed by atoms with van der Waals surface area (Å²) in [5.74, 6) is 2.46. The van der Waals surface area contributed by atoms with E-state index < -0.39 is 0 Å². The van der Waals surface area contributed by atoms with Crippen molar-refractivity contribution in [3.8, 4) is 17.2 Å². The lowest BCUT2D eigenvalue weighted by molar-refractivity contribution is 0.110. The van der Waals surface area contributed by atoms with Crippen molar-refractivity contribution >= 4 is 0 Å². The second-order valence-electron chi connectivity index (χ2n) is 8.11. The van der Waals surface area contributed by atoms with Gasteiger partial charge in [0.2, 0.25) is 0 Å². The lowest BCUT2D eigenvalue weighted by Crippen LogP contribution is -2.39. The van der Waals surface area contributed by atoms with Crippen LogP contribution >= 0.6 is 0 Å². The van der Waals surface area contributed by atoms with Crippen LogP contribution in [0.4, 0.5) is 0 Å². The molecule has 0 amide bonds. The first-order chi connectivity index (χ1) is 15.2. The van der Waals surface area contributed by atoms with Gasteiger partial charge in [-0.3, -0.25) is 0 Å². The van der Waals surface area contributed by atoms with E-state index in [1.807, 2.05) is 18.2 Å². The number of rotatable bonds is 12. The smallest absolute Gasteiger partial charge is 0.161 e. The molecule has 31 heavy (non-hydrogen) atoms. The highest BCUT2D eigenvalue weighted by Crippen LogP contribution is 2.29. The molecule has 5 nitrogen and oxygen atoms in total. The molecule has 0 heterocycles. The van der Waals surface area contributed by atoms with Crippen LogP contribution in [0.15, 0.2) is 36.4 Å². The quantitative estimate of drug-likeness (QED) is 0.451. The van der Waals surface area contributed by atoms with Gasteiger partial charge in [0.25, 0.3) is 0 Å². The molecule has 0 saturated carbocycles. The van der Waals surface area contributed by atoms with Crippen molar-refractivity contribution in [2.45, 2.75) is 51.7 Å². The first-order valence-corrected chi connectivity index (χ1v) is 11.4. The molecule has 3 rings (SSSR count). The molecule has 170 valence electrons. The number of benzene rings is 2. The normalized spacial score (nSPS) is 15.6. The predicted octanol–water partition coefficient (Wildman–Crippen LogP) is 4.89. The molecule has 2 aromatic carbocycles. The molecule has 1 aliphatic carbocycles. The minimum absolute atomic E-state index is 0.598. The number of unbranched alkanes of at least 4 members (excludes halogenated alkanes) is 1. The van der Waals surface area contributed by atoms with Crippen LogP contribution in [0.25, 0.3) is 0 Å². The topological polar surface area (TPSA) is 40.2 Å². The van der Waals surface area contributed by atoms with Crippen molar-refractivity contribution in [3.63, 3.8) is 0 Å². The van der Waals surface area contributed by atoms with E-state index in [1.54, 1.807) is 21.3 Å². The van der Waals surface area contributed by atoms with Gasteiger partial charge in [-0.05, 0) is 86.1 Å². The minimum Gasteiger partial charge on any atom is -0.497 e. The predicted molar refractivity (Wildman–Crippen MR) is 124 cm³/mol. The third-order valence-electron chi connectivity index (χ3n) is 6.24. The van der Waals surface area contributed by atoms with E-state index in [0.29, 0.717) is 12.6 Å². The number of likely N-dealkylation sites (N-methyl/N-ethyl adjacent to an activating group) is 1. The van der Waals surface area contributed by atoms with Gasteiger partial charge >= 0.3 is 0 Å². The van der Waals surface area contributed by atoms with Crippen molar-refractivity contribution in [2.75, 3.05) is 41.0 Å². The largest absolute Gasteiger partial charge is 0.497 e. The molecule has 0 fully saturated rings. The molecule has 0 N–H and O–H groups in total. The fraction of sp³-hybridized carbons (Fsp3) is 0.538. The average Bonchev–Trinajstić information content (AvgIpc) is 2.82. The molecule has 1 atom stereocenters. The highest BCUT2D eigenvalue weighted by Gasteiger charge is 2.23. The number of ether oxygens (including phenoxy) is 4. The molecule has 1 aliphatic rings. The fourth-order valence-corrected chi connectivity index (χ4v) is 4.43. The maximum Gasteiger partial charge on any atom is 0.161 e. The van der Waals surface area contributed by atoms with Crippen LogP contribution in [0, 0.1) is 0 Å². The van der Waals surface area contributed by atoms with E-state index in [4.69, 9.17) is 18.9 Å². The Morgan fingerprint density at radius 3 is 2.48 bits per heavy atom. The van der Waals surface area contributed by atoms with Crippen LogP contribution in [0.5, 0.6) is 17.2 Å². The van der Waals surface area contributed by atoms with Gasteiger partial charge in [-0.25, -0.2) is 0 Å². The van der Waals surface area contributed by atoms with Gasteiger partial charge in [-0.15, -0.1) is 0 Å². The molecule has 0 aliphatic heterocycles. The molecule has 0 bridgehead atoms. The number of aryl methyl sites for hydroxylation is 1. The van der Waals surface area contributed by atoms with Gasteiger partial charge in [0.15, 0.2) is 11.5 Å². The molecule has 1 unspecified atom stereocenters. The van der Waals surface area contributed by atoms with E-state index in [-0.39, 0.29) is 0 Å². The van der Waals surface area contributed by atoms with Gasteiger partial charge in [-0.1, -0.05) is 19.1 Å². The van der Waals surface area contributed by atoms with E-state index in [2.05, 4.69) is 30.0 Å². The van der Waals surface area contributed by atoms with E-state index in [9.17, 15) is 0 Å². The zero-order chi connectivity index (χ0) is 22.1. The third kappa shape index (κ3) is 6.37. The Morgan fingerprint density at radius 1 is 0.903 bits per heavy atom. The van der Waals surface area contributed by atoms with Gasteiger partial charge < -0.3 is 23.8 Å². The zero-order valence-corrected chi connectivity index (χ0v) is 19.5. The zero-order valence-electron chi connectivity index (χ0n) is 19.5. The van der Waals surface area contributed by atoms with Crippen LogP contribution in [-0.2, 0) is 24.2 Å². The maximum atomic E-state index is 5.90. The number of hydrogen-bond acceptors (Lipinski definition) is 5. The lowest BCUT2D eigenvalue weighted by Gasteiger charge is -2.34. The Bertz CT molecular complexity index is 823. The van der Waals surface area contributed by atoms with Crippen molar-refractivity contribution < 1.29 is 18.9 Å². The van der Waals surface area contributed by atoms with E-state index >= 15 is 0 Å². The summed E-state index contributed by atoms with van der Waals surface area (Å²) in [6, 6.07) is 13.1. The molecule has 0 aromatic heterocycles. The minimum atomic E-state index is 0.598. The molecule has 0 saturated heterocycles. The number of fused-ring (bicyclic) bond motifs is 1. The molecular weight excluding hydrogens is 390 g/mol. The maximum absolute atomic E-state index is 5.90. The van der Waals surface area contributed by atoms with Crippen LogP contribution in [0.3, 0.4) is 0 Å². The lowest BCUT2D eigenvalue weighted by atomic mass is 9.87. The number of hydrogen-bond donors (Lipinski definition) is 0.